The summed E-state index contributed by atoms with van der Waals surface area (Å²) in [5.41, 5.74) is 2.93. The lowest BCUT2D eigenvalue weighted by atomic mass is 10.1. The van der Waals surface area contributed by atoms with E-state index >= 15 is 0 Å². The van der Waals surface area contributed by atoms with Gasteiger partial charge in [0.1, 0.15) is 0 Å². The highest BCUT2D eigenvalue weighted by Crippen LogP contribution is 2.20. The van der Waals surface area contributed by atoms with Crippen molar-refractivity contribution in [1.29, 1.82) is 0 Å². The standard InChI is InChI=1S/C28H45N3O7/c1-23(2)27-21-30-31(22-27)24(3)25-5-7-26(8-6-25)28(32)29-9-10-34-13-14-36-17-18-38-20-19-37-16-15-35-12-11-33-4/h5-8,21-24H,9-20H2,1-4H3,(H,29,32). The molecular weight excluding hydrogens is 490 g/mol. The third kappa shape index (κ3) is 12.9. The van der Waals surface area contributed by atoms with Crippen molar-refractivity contribution < 1.29 is 33.2 Å². The van der Waals surface area contributed by atoms with E-state index in [-0.39, 0.29) is 11.9 Å². The molecule has 2 aromatic rings. The normalized spacial score (nSPS) is 12.2. The molecule has 1 atom stereocenters. The topological polar surface area (TPSA) is 102 Å². The van der Waals surface area contributed by atoms with Crippen molar-refractivity contribution in [2.75, 3.05) is 86.3 Å². The first-order valence-electron chi connectivity index (χ1n) is 13.3. The van der Waals surface area contributed by atoms with E-state index in [0.717, 1.165) is 5.56 Å². The third-order valence-corrected chi connectivity index (χ3v) is 5.79. The molecular formula is C28H45N3O7. The van der Waals surface area contributed by atoms with E-state index in [4.69, 9.17) is 28.4 Å². The van der Waals surface area contributed by atoms with Gasteiger partial charge < -0.3 is 33.7 Å². The predicted octanol–water partition coefficient (Wildman–Crippen LogP) is 3.08. The zero-order valence-corrected chi connectivity index (χ0v) is 23.4. The lowest BCUT2D eigenvalue weighted by molar-refractivity contribution is -0.0144. The van der Waals surface area contributed by atoms with E-state index in [1.807, 2.05) is 35.1 Å². The number of hydrogen-bond donors (Lipinski definition) is 1. The SMILES string of the molecule is COCCOCCOCCOCCOCCOCCNC(=O)c1ccc(C(C)n2cc(C(C)C)cn2)cc1. The van der Waals surface area contributed by atoms with Crippen LogP contribution in [0.3, 0.4) is 0 Å². The van der Waals surface area contributed by atoms with Crippen molar-refractivity contribution in [1.82, 2.24) is 15.1 Å². The Morgan fingerprint density at radius 1 is 0.763 bits per heavy atom. The summed E-state index contributed by atoms with van der Waals surface area (Å²) in [6.07, 6.45) is 3.99. The number of hydrogen-bond acceptors (Lipinski definition) is 8. The first-order chi connectivity index (χ1) is 18.5. The molecule has 38 heavy (non-hydrogen) atoms. The van der Waals surface area contributed by atoms with Gasteiger partial charge in [-0.25, -0.2) is 0 Å². The Bertz CT molecular complexity index is 874. The zero-order valence-electron chi connectivity index (χ0n) is 23.4. The fourth-order valence-electron chi connectivity index (χ4n) is 3.39. The van der Waals surface area contributed by atoms with Crippen LogP contribution in [0.1, 0.15) is 54.2 Å². The van der Waals surface area contributed by atoms with Crippen LogP contribution < -0.4 is 5.32 Å². The summed E-state index contributed by atoms with van der Waals surface area (Å²) in [7, 11) is 1.64. The van der Waals surface area contributed by atoms with Gasteiger partial charge in [0.25, 0.3) is 5.91 Å². The van der Waals surface area contributed by atoms with Crippen LogP contribution in [0.25, 0.3) is 0 Å². The van der Waals surface area contributed by atoms with Gasteiger partial charge in [0.15, 0.2) is 0 Å². The maximum Gasteiger partial charge on any atom is 0.251 e. The summed E-state index contributed by atoms with van der Waals surface area (Å²) < 4.78 is 34.0. The summed E-state index contributed by atoms with van der Waals surface area (Å²) in [6.45, 7) is 12.5. The molecule has 0 spiro atoms. The highest BCUT2D eigenvalue weighted by molar-refractivity contribution is 5.94. The van der Waals surface area contributed by atoms with E-state index in [2.05, 4.69) is 37.4 Å². The largest absolute Gasteiger partial charge is 0.382 e. The molecule has 10 heteroatoms. The number of ether oxygens (including phenoxy) is 6. The number of carbonyl (C=O) groups excluding carboxylic acids is 1. The highest BCUT2D eigenvalue weighted by atomic mass is 16.6. The predicted molar refractivity (Wildman–Crippen MR) is 145 cm³/mol. The van der Waals surface area contributed by atoms with E-state index in [1.165, 1.54) is 5.56 Å². The molecule has 1 N–H and O–H groups in total. The number of nitrogens with one attached hydrogen (secondary N) is 1. The first kappa shape index (κ1) is 31.9. The van der Waals surface area contributed by atoms with Crippen molar-refractivity contribution >= 4 is 5.91 Å². The second kappa shape index (κ2) is 19.7. The van der Waals surface area contributed by atoms with Crippen molar-refractivity contribution in [2.45, 2.75) is 32.7 Å². The molecule has 10 nitrogen and oxygen atoms in total. The molecule has 0 saturated heterocycles. The van der Waals surface area contributed by atoms with Crippen molar-refractivity contribution in [3.63, 3.8) is 0 Å². The quantitative estimate of drug-likeness (QED) is 0.230. The number of methoxy groups -OCH3 is 1. The van der Waals surface area contributed by atoms with Gasteiger partial charge in [-0.3, -0.25) is 9.48 Å². The first-order valence-corrected chi connectivity index (χ1v) is 13.3. The Morgan fingerprint density at radius 2 is 1.26 bits per heavy atom. The molecule has 2 rings (SSSR count). The number of nitrogens with zero attached hydrogens (tertiary/aromatic N) is 2. The molecule has 1 unspecified atom stereocenters. The van der Waals surface area contributed by atoms with Gasteiger partial charge in [-0.15, -0.1) is 0 Å². The molecule has 0 bridgehead atoms. The van der Waals surface area contributed by atoms with Crippen molar-refractivity contribution in [3.8, 4) is 0 Å². The van der Waals surface area contributed by atoms with Gasteiger partial charge >= 0.3 is 0 Å². The van der Waals surface area contributed by atoms with Crippen LogP contribution in [-0.2, 0) is 28.4 Å². The van der Waals surface area contributed by atoms with Crippen molar-refractivity contribution in [2.24, 2.45) is 0 Å². The van der Waals surface area contributed by atoms with Crippen LogP contribution in [0.4, 0.5) is 0 Å². The average Bonchev–Trinajstić information content (AvgIpc) is 3.43. The second-order valence-electron chi connectivity index (χ2n) is 9.02. The lowest BCUT2D eigenvalue weighted by Crippen LogP contribution is -2.27. The van der Waals surface area contributed by atoms with E-state index < -0.39 is 0 Å². The molecule has 1 aromatic heterocycles. The smallest absolute Gasteiger partial charge is 0.251 e. The van der Waals surface area contributed by atoms with Crippen LogP contribution in [-0.4, -0.2) is 102 Å². The molecule has 0 radical (unpaired) electrons. The lowest BCUT2D eigenvalue weighted by Gasteiger charge is -2.13. The zero-order chi connectivity index (χ0) is 27.4. The fourth-order valence-corrected chi connectivity index (χ4v) is 3.39. The fraction of sp³-hybridized carbons (Fsp3) is 0.643. The average molecular weight is 536 g/mol. The van der Waals surface area contributed by atoms with Gasteiger partial charge in [-0.1, -0.05) is 26.0 Å². The van der Waals surface area contributed by atoms with Gasteiger partial charge in [0, 0.05) is 25.4 Å². The highest BCUT2D eigenvalue weighted by Gasteiger charge is 2.12. The minimum Gasteiger partial charge on any atom is -0.382 e. The van der Waals surface area contributed by atoms with E-state index in [9.17, 15) is 4.79 Å². The Hall–Kier alpha value is -2.34. The molecule has 214 valence electrons. The number of amides is 1. The van der Waals surface area contributed by atoms with E-state index in [0.29, 0.717) is 90.7 Å². The monoisotopic (exact) mass is 535 g/mol. The summed E-state index contributed by atoms with van der Waals surface area (Å²) in [4.78, 5) is 12.4. The van der Waals surface area contributed by atoms with Gasteiger partial charge in [0.05, 0.1) is 84.9 Å². The number of aromatic nitrogens is 2. The Morgan fingerprint density at radius 3 is 1.74 bits per heavy atom. The van der Waals surface area contributed by atoms with Gasteiger partial charge in [0.2, 0.25) is 0 Å². The summed E-state index contributed by atoms with van der Waals surface area (Å²) in [6, 6.07) is 7.73. The minimum atomic E-state index is -0.120. The molecule has 0 saturated carbocycles. The molecule has 0 aliphatic rings. The number of rotatable bonds is 22. The number of carbonyl (C=O) groups is 1. The molecule has 0 fully saturated rings. The van der Waals surface area contributed by atoms with Crippen LogP contribution in [0.5, 0.6) is 0 Å². The van der Waals surface area contributed by atoms with Crippen LogP contribution in [0.15, 0.2) is 36.7 Å². The molecule has 1 aromatic carbocycles. The summed E-state index contributed by atoms with van der Waals surface area (Å²) >= 11 is 0. The van der Waals surface area contributed by atoms with Crippen molar-refractivity contribution in [3.05, 3.63) is 53.3 Å². The molecule has 0 aliphatic carbocycles. The number of benzene rings is 1. The Kier molecular flexibility index (Phi) is 16.5. The Labute approximate surface area is 226 Å². The molecule has 0 aliphatic heterocycles. The minimum absolute atomic E-state index is 0.0952. The van der Waals surface area contributed by atoms with E-state index in [1.54, 1.807) is 7.11 Å². The third-order valence-electron chi connectivity index (χ3n) is 5.79. The second-order valence-corrected chi connectivity index (χ2v) is 9.02. The maximum atomic E-state index is 12.4. The van der Waals surface area contributed by atoms with Gasteiger partial charge in [-0.05, 0) is 36.1 Å². The van der Waals surface area contributed by atoms with Crippen LogP contribution >= 0.6 is 0 Å². The summed E-state index contributed by atoms with van der Waals surface area (Å²) in [5, 5.41) is 7.36. The Balaban J connectivity index is 1.44. The van der Waals surface area contributed by atoms with Crippen LogP contribution in [0, 0.1) is 0 Å². The summed E-state index contributed by atoms with van der Waals surface area (Å²) in [5.74, 6) is 0.322. The molecule has 1 heterocycles. The van der Waals surface area contributed by atoms with Crippen LogP contribution in [0.2, 0.25) is 0 Å². The molecule has 1 amide bonds. The maximum absolute atomic E-state index is 12.4. The van der Waals surface area contributed by atoms with Gasteiger partial charge in [-0.2, -0.15) is 5.10 Å².